The van der Waals surface area contributed by atoms with Gasteiger partial charge in [0.25, 0.3) is 5.91 Å². The summed E-state index contributed by atoms with van der Waals surface area (Å²) in [7, 11) is 1.63. The maximum Gasteiger partial charge on any atom is 0.271 e. The molecule has 0 saturated carbocycles. The predicted molar refractivity (Wildman–Crippen MR) is 132 cm³/mol. The van der Waals surface area contributed by atoms with Crippen molar-refractivity contribution in [2.75, 3.05) is 30.4 Å². The molecule has 0 radical (unpaired) electrons. The van der Waals surface area contributed by atoms with Crippen molar-refractivity contribution in [2.24, 2.45) is 11.7 Å². The Hall–Kier alpha value is -3.53. The molecule has 0 unspecified atom stereocenters. The number of hydrogen-bond acceptors (Lipinski definition) is 9. The van der Waals surface area contributed by atoms with Gasteiger partial charge in [-0.1, -0.05) is 12.1 Å². The van der Waals surface area contributed by atoms with Crippen molar-refractivity contribution in [3.05, 3.63) is 53.5 Å². The lowest BCUT2D eigenvalue weighted by atomic mass is 9.91. The number of hydrogen-bond donors (Lipinski definition) is 2. The molecule has 1 aliphatic rings. The Labute approximate surface area is 202 Å². The topological polar surface area (TPSA) is 123 Å². The van der Waals surface area contributed by atoms with Crippen molar-refractivity contribution in [1.82, 2.24) is 14.3 Å². The fraction of sp³-hybridized carbons (Fsp3) is 0.375. The molecule has 1 amide bonds. The van der Waals surface area contributed by atoms with Crippen LogP contribution < -0.4 is 20.7 Å². The number of nitrogens with two attached hydrogens (primary N) is 1. The Kier molecular flexibility index (Phi) is 7.36. The Morgan fingerprint density at radius 3 is 2.76 bits per heavy atom. The van der Waals surface area contributed by atoms with E-state index in [2.05, 4.69) is 24.6 Å². The maximum absolute atomic E-state index is 12.7. The van der Waals surface area contributed by atoms with Crippen LogP contribution in [0.25, 0.3) is 0 Å². The highest BCUT2D eigenvalue weighted by atomic mass is 32.1. The van der Waals surface area contributed by atoms with E-state index in [1.54, 1.807) is 13.3 Å². The zero-order chi connectivity index (χ0) is 24.1. The van der Waals surface area contributed by atoms with Crippen molar-refractivity contribution >= 4 is 39.9 Å². The van der Waals surface area contributed by atoms with Gasteiger partial charge in [-0.05, 0) is 61.0 Å². The second kappa shape index (κ2) is 10.6. The smallest absolute Gasteiger partial charge is 0.271 e. The molecule has 34 heavy (non-hydrogen) atoms. The minimum atomic E-state index is -0.650. The summed E-state index contributed by atoms with van der Waals surface area (Å²) in [5.74, 6) is 1.55. The lowest BCUT2D eigenvalue weighted by Crippen LogP contribution is -2.37. The van der Waals surface area contributed by atoms with Gasteiger partial charge in [-0.25, -0.2) is 9.97 Å². The average Bonchev–Trinajstić information content (AvgIpc) is 3.24. The fourth-order valence-electron chi connectivity index (χ4n) is 4.14. The van der Waals surface area contributed by atoms with Gasteiger partial charge in [0.2, 0.25) is 0 Å². The highest BCUT2D eigenvalue weighted by Gasteiger charge is 2.25. The van der Waals surface area contributed by atoms with E-state index in [1.807, 2.05) is 37.3 Å². The second-order valence-electron chi connectivity index (χ2n) is 8.47. The van der Waals surface area contributed by atoms with E-state index in [0.717, 1.165) is 41.4 Å². The lowest BCUT2D eigenvalue weighted by molar-refractivity contribution is -0.119. The zero-order valence-corrected chi connectivity index (χ0v) is 20.1. The SMILES string of the molecule is COc1ccc(CC(=O)C[C@@H]2CCCN(c3cnc(C(N)=O)c(Nc4cc(C)ns4)n3)C2)cc1. The number of primary amides is 1. The number of aryl methyl sites for hydroxylation is 1. The van der Waals surface area contributed by atoms with Gasteiger partial charge in [0.05, 0.1) is 19.0 Å². The Bertz CT molecular complexity index is 1160. The average molecular weight is 481 g/mol. The predicted octanol–water partition coefficient (Wildman–Crippen LogP) is 3.51. The number of anilines is 3. The van der Waals surface area contributed by atoms with Gasteiger partial charge < -0.3 is 20.7 Å². The molecule has 1 saturated heterocycles. The van der Waals surface area contributed by atoms with Crippen LogP contribution in [0.5, 0.6) is 5.75 Å². The summed E-state index contributed by atoms with van der Waals surface area (Å²) in [6, 6.07) is 9.48. The first-order chi connectivity index (χ1) is 16.4. The van der Waals surface area contributed by atoms with E-state index < -0.39 is 5.91 Å². The summed E-state index contributed by atoms with van der Waals surface area (Å²) >= 11 is 1.28. The summed E-state index contributed by atoms with van der Waals surface area (Å²) in [6.07, 6.45) is 4.45. The van der Waals surface area contributed by atoms with Crippen LogP contribution in [0.1, 0.15) is 41.0 Å². The number of ketones is 1. The third-order valence-electron chi connectivity index (χ3n) is 5.78. The van der Waals surface area contributed by atoms with Crippen LogP contribution >= 0.6 is 11.5 Å². The van der Waals surface area contributed by atoms with E-state index in [0.29, 0.717) is 31.0 Å². The molecule has 178 valence electrons. The number of ether oxygens (including phenoxy) is 1. The van der Waals surface area contributed by atoms with Crippen molar-refractivity contribution < 1.29 is 14.3 Å². The molecule has 3 N–H and O–H groups in total. The number of benzene rings is 1. The molecule has 9 nitrogen and oxygen atoms in total. The molecule has 1 aromatic carbocycles. The molecular formula is C24H28N6O3S. The number of carbonyl (C=O) groups is 2. The molecule has 4 rings (SSSR count). The number of amides is 1. The molecule has 3 heterocycles. The van der Waals surface area contributed by atoms with Crippen molar-refractivity contribution in [1.29, 1.82) is 0 Å². The minimum absolute atomic E-state index is 0.0815. The van der Waals surface area contributed by atoms with Crippen LogP contribution in [0.3, 0.4) is 0 Å². The van der Waals surface area contributed by atoms with Crippen molar-refractivity contribution in [2.45, 2.75) is 32.6 Å². The molecule has 1 aliphatic heterocycles. The molecule has 0 spiro atoms. The van der Waals surface area contributed by atoms with Gasteiger partial charge in [0.15, 0.2) is 11.5 Å². The largest absolute Gasteiger partial charge is 0.497 e. The summed E-state index contributed by atoms with van der Waals surface area (Å²) in [5.41, 5.74) is 7.45. The van der Waals surface area contributed by atoms with Gasteiger partial charge >= 0.3 is 0 Å². The molecule has 2 aromatic heterocycles. The van der Waals surface area contributed by atoms with Gasteiger partial charge in [0, 0.05) is 25.9 Å². The first-order valence-electron chi connectivity index (χ1n) is 11.2. The van der Waals surface area contributed by atoms with Crippen LogP contribution in [-0.2, 0) is 11.2 Å². The molecule has 1 atom stereocenters. The Balaban J connectivity index is 1.42. The summed E-state index contributed by atoms with van der Waals surface area (Å²) in [4.78, 5) is 35.6. The monoisotopic (exact) mass is 480 g/mol. The van der Waals surface area contributed by atoms with E-state index >= 15 is 0 Å². The molecular weight excluding hydrogens is 452 g/mol. The van der Waals surface area contributed by atoms with Gasteiger partial charge in [0.1, 0.15) is 22.4 Å². The summed E-state index contributed by atoms with van der Waals surface area (Å²) in [6.45, 7) is 3.41. The van der Waals surface area contributed by atoms with Gasteiger partial charge in [-0.15, -0.1) is 0 Å². The highest BCUT2D eigenvalue weighted by Crippen LogP contribution is 2.28. The Morgan fingerprint density at radius 1 is 1.29 bits per heavy atom. The van der Waals surface area contributed by atoms with E-state index in [9.17, 15) is 9.59 Å². The molecule has 3 aromatic rings. The highest BCUT2D eigenvalue weighted by molar-refractivity contribution is 7.10. The number of aromatic nitrogens is 3. The first-order valence-corrected chi connectivity index (χ1v) is 12.0. The number of nitrogens with one attached hydrogen (secondary N) is 1. The lowest BCUT2D eigenvalue weighted by Gasteiger charge is -2.33. The number of Topliss-reactive ketones (excluding diaryl/α,β-unsaturated/α-hetero) is 1. The van der Waals surface area contributed by atoms with Crippen molar-refractivity contribution in [3.63, 3.8) is 0 Å². The first kappa shape index (κ1) is 23.6. The molecule has 0 bridgehead atoms. The number of methoxy groups -OCH3 is 1. The normalized spacial score (nSPS) is 15.7. The van der Waals surface area contributed by atoms with E-state index in [-0.39, 0.29) is 17.4 Å². The van der Waals surface area contributed by atoms with Crippen LogP contribution in [0.15, 0.2) is 36.5 Å². The van der Waals surface area contributed by atoms with Crippen LogP contribution in [0.2, 0.25) is 0 Å². The van der Waals surface area contributed by atoms with E-state index in [1.165, 1.54) is 11.5 Å². The summed E-state index contributed by atoms with van der Waals surface area (Å²) < 4.78 is 9.42. The number of nitrogens with zero attached hydrogens (tertiary/aromatic N) is 4. The van der Waals surface area contributed by atoms with Crippen LogP contribution in [0, 0.1) is 12.8 Å². The molecule has 10 heteroatoms. The Morgan fingerprint density at radius 2 is 2.09 bits per heavy atom. The minimum Gasteiger partial charge on any atom is -0.497 e. The maximum atomic E-state index is 12.7. The van der Waals surface area contributed by atoms with Gasteiger partial charge in [-0.2, -0.15) is 4.37 Å². The quantitative estimate of drug-likeness (QED) is 0.477. The zero-order valence-electron chi connectivity index (χ0n) is 19.3. The van der Waals surface area contributed by atoms with E-state index in [4.69, 9.17) is 10.5 Å². The molecule has 0 aliphatic carbocycles. The number of rotatable bonds is 9. The van der Waals surface area contributed by atoms with Crippen LogP contribution in [0.4, 0.5) is 16.6 Å². The third-order valence-corrected chi connectivity index (χ3v) is 6.58. The van der Waals surface area contributed by atoms with Crippen molar-refractivity contribution in [3.8, 4) is 5.75 Å². The fourth-order valence-corrected chi connectivity index (χ4v) is 4.80. The number of piperidine rings is 1. The molecule has 1 fully saturated rings. The summed E-state index contributed by atoms with van der Waals surface area (Å²) in [5, 5.41) is 3.88. The standard InChI is InChI=1S/C24H28N6O3S/c1-15-10-21(34-29-15)28-24-22(23(25)32)26-13-20(27-24)30-9-3-4-17(14-30)12-18(31)11-16-5-7-19(33-2)8-6-16/h5-8,10,13,17H,3-4,9,11-12,14H2,1-2H3,(H2,25,32)(H,27,28)/t17-/m0/s1. The number of carbonyl (C=O) groups excluding carboxylic acids is 2. The van der Waals surface area contributed by atoms with Gasteiger partial charge in [-0.3, -0.25) is 9.59 Å². The second-order valence-corrected chi connectivity index (χ2v) is 9.27. The third kappa shape index (κ3) is 5.88. The van der Waals surface area contributed by atoms with Crippen LogP contribution in [-0.4, -0.2) is 46.2 Å².